The summed E-state index contributed by atoms with van der Waals surface area (Å²) < 4.78 is 4.59. The minimum atomic E-state index is -0.559. The summed E-state index contributed by atoms with van der Waals surface area (Å²) in [7, 11) is 1.30. The van der Waals surface area contributed by atoms with Gasteiger partial charge in [-0.2, -0.15) is 0 Å². The predicted molar refractivity (Wildman–Crippen MR) is 110 cm³/mol. The largest absolute Gasteiger partial charge is 0.453 e. The quantitative estimate of drug-likeness (QED) is 0.636. The minimum absolute atomic E-state index is 0.0428. The van der Waals surface area contributed by atoms with Crippen LogP contribution in [0.15, 0.2) is 84.9 Å². The lowest BCUT2D eigenvalue weighted by atomic mass is 9.88. The van der Waals surface area contributed by atoms with E-state index in [1.807, 2.05) is 60.7 Å². The lowest BCUT2D eigenvalue weighted by Gasteiger charge is -2.18. The van der Waals surface area contributed by atoms with Crippen molar-refractivity contribution >= 4 is 23.4 Å². The number of hydrogen-bond acceptors (Lipinski definition) is 3. The number of rotatable bonds is 6. The molecule has 3 rings (SSSR count). The van der Waals surface area contributed by atoms with Crippen molar-refractivity contribution in [2.75, 3.05) is 17.7 Å². The number of anilines is 2. The highest BCUT2D eigenvalue weighted by atomic mass is 16.5. The van der Waals surface area contributed by atoms with Gasteiger partial charge in [0.1, 0.15) is 0 Å². The second kappa shape index (κ2) is 9.37. The van der Waals surface area contributed by atoms with Crippen LogP contribution in [0.3, 0.4) is 0 Å². The molecule has 5 nitrogen and oxygen atoms in total. The number of amides is 2. The molecule has 0 aliphatic carbocycles. The third-order valence-corrected chi connectivity index (χ3v) is 4.37. The van der Waals surface area contributed by atoms with E-state index >= 15 is 0 Å². The molecule has 0 aliphatic rings. The van der Waals surface area contributed by atoms with Gasteiger partial charge in [-0.15, -0.1) is 0 Å². The zero-order valence-corrected chi connectivity index (χ0v) is 15.6. The molecular formula is C23H22N2O3. The third-order valence-electron chi connectivity index (χ3n) is 4.37. The first-order valence-corrected chi connectivity index (χ1v) is 9.00. The molecule has 0 radical (unpaired) electrons. The van der Waals surface area contributed by atoms with Crippen LogP contribution in [0, 0.1) is 0 Å². The number of ether oxygens (including phenoxy) is 1. The van der Waals surface area contributed by atoms with Gasteiger partial charge in [0.25, 0.3) is 0 Å². The van der Waals surface area contributed by atoms with Crippen LogP contribution in [0.4, 0.5) is 16.2 Å². The first-order valence-electron chi connectivity index (χ1n) is 9.00. The molecule has 0 bridgehead atoms. The topological polar surface area (TPSA) is 67.4 Å². The molecule has 142 valence electrons. The smallest absolute Gasteiger partial charge is 0.411 e. The molecule has 3 aromatic carbocycles. The predicted octanol–water partition coefficient (Wildman–Crippen LogP) is 5.03. The molecule has 5 heteroatoms. The molecule has 0 spiro atoms. The standard InChI is InChI=1S/C23H22N2O3/c1-28-23(27)25-20-14-8-13-19(15-20)24-22(26)16-21(17-9-4-2-5-10-17)18-11-6-3-7-12-18/h2-15,21H,16H2,1H3,(H,24,26)(H,25,27). The normalized spacial score (nSPS) is 10.4. The van der Waals surface area contributed by atoms with E-state index in [1.165, 1.54) is 7.11 Å². The monoisotopic (exact) mass is 374 g/mol. The van der Waals surface area contributed by atoms with Gasteiger partial charge < -0.3 is 10.1 Å². The Balaban J connectivity index is 1.74. The van der Waals surface area contributed by atoms with Crippen LogP contribution in [0.2, 0.25) is 0 Å². The zero-order chi connectivity index (χ0) is 19.8. The highest BCUT2D eigenvalue weighted by Crippen LogP contribution is 2.28. The summed E-state index contributed by atoms with van der Waals surface area (Å²) in [5, 5.41) is 5.50. The van der Waals surface area contributed by atoms with Crippen LogP contribution in [-0.4, -0.2) is 19.1 Å². The van der Waals surface area contributed by atoms with Crippen molar-refractivity contribution in [3.63, 3.8) is 0 Å². The first-order chi connectivity index (χ1) is 13.7. The van der Waals surface area contributed by atoms with Gasteiger partial charge in [-0.3, -0.25) is 10.1 Å². The number of methoxy groups -OCH3 is 1. The Morgan fingerprint density at radius 2 is 1.32 bits per heavy atom. The lowest BCUT2D eigenvalue weighted by Crippen LogP contribution is -2.17. The second-order valence-electron chi connectivity index (χ2n) is 6.32. The number of carbonyl (C=O) groups excluding carboxylic acids is 2. The van der Waals surface area contributed by atoms with Crippen molar-refractivity contribution in [3.8, 4) is 0 Å². The molecule has 0 fully saturated rings. The molecule has 2 amide bonds. The number of benzene rings is 3. The highest BCUT2D eigenvalue weighted by molar-refractivity contribution is 5.93. The number of carbonyl (C=O) groups is 2. The molecule has 0 atom stereocenters. The minimum Gasteiger partial charge on any atom is -0.453 e. The third kappa shape index (κ3) is 5.20. The average molecular weight is 374 g/mol. The van der Waals surface area contributed by atoms with Crippen molar-refractivity contribution in [2.24, 2.45) is 0 Å². The summed E-state index contributed by atoms with van der Waals surface area (Å²) in [4.78, 5) is 24.1. The molecule has 0 aromatic heterocycles. The van der Waals surface area contributed by atoms with Gasteiger partial charge in [0, 0.05) is 23.7 Å². The average Bonchev–Trinajstić information content (AvgIpc) is 2.73. The Kier molecular flexibility index (Phi) is 6.41. The fourth-order valence-electron chi connectivity index (χ4n) is 3.04. The summed E-state index contributed by atoms with van der Waals surface area (Å²) in [5.74, 6) is -0.147. The zero-order valence-electron chi connectivity index (χ0n) is 15.6. The van der Waals surface area contributed by atoms with Crippen molar-refractivity contribution in [3.05, 3.63) is 96.1 Å². The maximum absolute atomic E-state index is 12.7. The molecule has 2 N–H and O–H groups in total. The van der Waals surface area contributed by atoms with E-state index < -0.39 is 6.09 Å². The van der Waals surface area contributed by atoms with Gasteiger partial charge in [0.2, 0.25) is 5.91 Å². The van der Waals surface area contributed by atoms with Gasteiger partial charge in [-0.1, -0.05) is 66.7 Å². The van der Waals surface area contributed by atoms with E-state index in [0.717, 1.165) is 11.1 Å². The molecular weight excluding hydrogens is 352 g/mol. The maximum atomic E-state index is 12.7. The van der Waals surface area contributed by atoms with Gasteiger partial charge in [-0.05, 0) is 29.3 Å². The Hall–Kier alpha value is -3.60. The van der Waals surface area contributed by atoms with E-state index in [-0.39, 0.29) is 11.8 Å². The lowest BCUT2D eigenvalue weighted by molar-refractivity contribution is -0.116. The molecule has 0 saturated heterocycles. The van der Waals surface area contributed by atoms with E-state index in [1.54, 1.807) is 24.3 Å². The van der Waals surface area contributed by atoms with Crippen LogP contribution in [-0.2, 0) is 9.53 Å². The van der Waals surface area contributed by atoms with E-state index in [4.69, 9.17) is 0 Å². The van der Waals surface area contributed by atoms with Crippen LogP contribution in [0.25, 0.3) is 0 Å². The molecule has 0 unspecified atom stereocenters. The van der Waals surface area contributed by atoms with Crippen LogP contribution < -0.4 is 10.6 Å². The van der Waals surface area contributed by atoms with Gasteiger partial charge in [0.05, 0.1) is 7.11 Å². The Morgan fingerprint density at radius 3 is 1.86 bits per heavy atom. The molecule has 28 heavy (non-hydrogen) atoms. The summed E-state index contributed by atoms with van der Waals surface area (Å²) >= 11 is 0. The van der Waals surface area contributed by atoms with Crippen molar-refractivity contribution in [1.29, 1.82) is 0 Å². The second-order valence-corrected chi connectivity index (χ2v) is 6.32. The van der Waals surface area contributed by atoms with Crippen LogP contribution in [0.1, 0.15) is 23.5 Å². The van der Waals surface area contributed by atoms with E-state index in [9.17, 15) is 9.59 Å². The van der Waals surface area contributed by atoms with E-state index in [2.05, 4.69) is 15.4 Å². The number of nitrogens with one attached hydrogen (secondary N) is 2. The Labute approximate surface area is 164 Å². The Morgan fingerprint density at radius 1 is 0.786 bits per heavy atom. The first kappa shape index (κ1) is 19.2. The highest BCUT2D eigenvalue weighted by Gasteiger charge is 2.18. The summed E-state index contributed by atoms with van der Waals surface area (Å²) in [5.41, 5.74) is 3.33. The van der Waals surface area contributed by atoms with Gasteiger partial charge >= 0.3 is 6.09 Å². The SMILES string of the molecule is COC(=O)Nc1cccc(NC(=O)CC(c2ccccc2)c2ccccc2)c1. The molecule has 0 aliphatic heterocycles. The molecule has 0 saturated carbocycles. The van der Waals surface area contributed by atoms with Crippen LogP contribution >= 0.6 is 0 Å². The van der Waals surface area contributed by atoms with Gasteiger partial charge in [-0.25, -0.2) is 4.79 Å². The molecule has 3 aromatic rings. The number of hydrogen-bond donors (Lipinski definition) is 2. The molecule has 0 heterocycles. The van der Waals surface area contributed by atoms with Crippen LogP contribution in [0.5, 0.6) is 0 Å². The maximum Gasteiger partial charge on any atom is 0.411 e. The summed E-state index contributed by atoms with van der Waals surface area (Å²) in [6, 6.07) is 26.9. The summed E-state index contributed by atoms with van der Waals surface area (Å²) in [6.45, 7) is 0. The summed E-state index contributed by atoms with van der Waals surface area (Å²) in [6.07, 6.45) is -0.250. The van der Waals surface area contributed by atoms with Crippen molar-refractivity contribution in [1.82, 2.24) is 0 Å². The van der Waals surface area contributed by atoms with E-state index in [0.29, 0.717) is 17.8 Å². The van der Waals surface area contributed by atoms with Crippen molar-refractivity contribution in [2.45, 2.75) is 12.3 Å². The van der Waals surface area contributed by atoms with Gasteiger partial charge in [0.15, 0.2) is 0 Å². The van der Waals surface area contributed by atoms with Crippen molar-refractivity contribution < 1.29 is 14.3 Å². The fourth-order valence-corrected chi connectivity index (χ4v) is 3.04. The Bertz CT molecular complexity index is 887. The fraction of sp³-hybridized carbons (Fsp3) is 0.130.